The molecular formula is C25H8F15N3. The Morgan fingerprint density at radius 3 is 1.07 bits per heavy atom. The van der Waals surface area contributed by atoms with E-state index in [4.69, 9.17) is 0 Å². The standard InChI is InChI=1S/C25H8F15N3/c26-13-5-10(6-14(27)17(13)30)20-41-19(42-21(43-20)11-7-15(28)18(31)16(29)8-11)9-1-3-12(4-2-9)22(32,33)23(34,35)24(36,37)25(38,39)40/h1-8H. The number of benzene rings is 3. The van der Waals surface area contributed by atoms with Gasteiger partial charge in [-0.05, 0) is 24.3 Å². The summed E-state index contributed by atoms with van der Waals surface area (Å²) in [5.74, 6) is -33.4. The number of rotatable bonds is 6. The molecule has 0 radical (unpaired) electrons. The molecule has 0 N–H and O–H groups in total. The molecule has 228 valence electrons. The third-order valence-corrected chi connectivity index (χ3v) is 5.77. The molecule has 0 atom stereocenters. The smallest absolute Gasteiger partial charge is 0.208 e. The maximum absolute atomic E-state index is 14.3. The van der Waals surface area contributed by atoms with Crippen molar-refractivity contribution in [1.29, 1.82) is 0 Å². The molecule has 1 heterocycles. The van der Waals surface area contributed by atoms with Crippen molar-refractivity contribution in [2.45, 2.75) is 23.9 Å². The van der Waals surface area contributed by atoms with Gasteiger partial charge in [0.25, 0.3) is 0 Å². The second-order valence-electron chi connectivity index (χ2n) is 8.61. The zero-order valence-corrected chi connectivity index (χ0v) is 20.1. The van der Waals surface area contributed by atoms with Gasteiger partial charge in [0.05, 0.1) is 0 Å². The third-order valence-electron chi connectivity index (χ3n) is 5.77. The van der Waals surface area contributed by atoms with Crippen LogP contribution in [0.5, 0.6) is 0 Å². The molecule has 0 unspecified atom stereocenters. The Morgan fingerprint density at radius 1 is 0.419 bits per heavy atom. The van der Waals surface area contributed by atoms with Crippen LogP contribution in [0.2, 0.25) is 0 Å². The predicted octanol–water partition coefficient (Wildman–Crippen LogP) is 8.63. The summed E-state index contributed by atoms with van der Waals surface area (Å²) in [6, 6.07) is 2.33. The monoisotopic (exact) mass is 635 g/mol. The molecule has 0 aliphatic rings. The van der Waals surface area contributed by atoms with Gasteiger partial charge in [0.2, 0.25) is 0 Å². The van der Waals surface area contributed by atoms with Crippen LogP contribution in [0.25, 0.3) is 34.2 Å². The summed E-state index contributed by atoms with van der Waals surface area (Å²) >= 11 is 0. The fourth-order valence-electron chi connectivity index (χ4n) is 3.52. The maximum atomic E-state index is 14.3. The van der Waals surface area contributed by atoms with E-state index in [0.29, 0.717) is 36.4 Å². The van der Waals surface area contributed by atoms with Crippen LogP contribution < -0.4 is 0 Å². The lowest BCUT2D eigenvalue weighted by atomic mass is 9.96. The Labute approximate surface area is 228 Å². The summed E-state index contributed by atoms with van der Waals surface area (Å²) < 4.78 is 202. The van der Waals surface area contributed by atoms with E-state index in [1.54, 1.807) is 0 Å². The maximum Gasteiger partial charge on any atom is 0.460 e. The molecule has 0 bridgehead atoms. The van der Waals surface area contributed by atoms with E-state index in [2.05, 4.69) is 15.0 Å². The minimum Gasteiger partial charge on any atom is -0.208 e. The van der Waals surface area contributed by atoms with Crippen molar-refractivity contribution in [3.63, 3.8) is 0 Å². The molecule has 0 amide bonds. The van der Waals surface area contributed by atoms with Crippen molar-refractivity contribution in [2.24, 2.45) is 0 Å². The fraction of sp³-hybridized carbons (Fsp3) is 0.160. The van der Waals surface area contributed by atoms with Crippen molar-refractivity contribution in [3.8, 4) is 34.2 Å². The Hall–Kier alpha value is -4.38. The van der Waals surface area contributed by atoms with Crippen LogP contribution in [0.4, 0.5) is 65.9 Å². The molecule has 3 nitrogen and oxygen atoms in total. The molecule has 4 rings (SSSR count). The number of hydrogen-bond donors (Lipinski definition) is 0. The summed E-state index contributed by atoms with van der Waals surface area (Å²) in [7, 11) is 0. The first-order chi connectivity index (χ1) is 19.7. The first-order valence-corrected chi connectivity index (χ1v) is 11.1. The molecule has 43 heavy (non-hydrogen) atoms. The lowest BCUT2D eigenvalue weighted by Gasteiger charge is -2.33. The summed E-state index contributed by atoms with van der Waals surface area (Å²) in [6.07, 6.45) is -7.06. The zero-order valence-electron chi connectivity index (χ0n) is 20.1. The second-order valence-corrected chi connectivity index (χ2v) is 8.61. The van der Waals surface area contributed by atoms with Gasteiger partial charge in [-0.3, -0.25) is 0 Å². The van der Waals surface area contributed by atoms with Crippen LogP contribution in [-0.2, 0) is 5.92 Å². The van der Waals surface area contributed by atoms with Crippen LogP contribution >= 0.6 is 0 Å². The molecule has 18 heteroatoms. The van der Waals surface area contributed by atoms with E-state index in [0.717, 1.165) is 0 Å². The highest BCUT2D eigenvalue weighted by atomic mass is 19.4. The molecular weight excluding hydrogens is 627 g/mol. The quantitative estimate of drug-likeness (QED) is 0.157. The number of halogens is 15. The van der Waals surface area contributed by atoms with Gasteiger partial charge in [-0.1, -0.05) is 24.3 Å². The van der Waals surface area contributed by atoms with Gasteiger partial charge in [-0.15, -0.1) is 0 Å². The molecule has 4 aromatic rings. The van der Waals surface area contributed by atoms with E-state index >= 15 is 0 Å². The summed E-state index contributed by atoms with van der Waals surface area (Å²) in [6.45, 7) is 0. The van der Waals surface area contributed by atoms with Crippen molar-refractivity contribution >= 4 is 0 Å². The minimum absolute atomic E-state index is 0.00723. The summed E-state index contributed by atoms with van der Waals surface area (Å²) in [5.41, 5.74) is -3.81. The molecule has 0 saturated heterocycles. The highest BCUT2D eigenvalue weighted by molar-refractivity contribution is 5.66. The van der Waals surface area contributed by atoms with Crippen LogP contribution in [0.15, 0.2) is 48.5 Å². The first-order valence-electron chi connectivity index (χ1n) is 11.1. The van der Waals surface area contributed by atoms with Crippen LogP contribution in [0, 0.1) is 34.9 Å². The van der Waals surface area contributed by atoms with Crippen molar-refractivity contribution in [1.82, 2.24) is 15.0 Å². The predicted molar refractivity (Wildman–Crippen MR) is 116 cm³/mol. The van der Waals surface area contributed by atoms with Crippen molar-refractivity contribution in [2.75, 3.05) is 0 Å². The highest BCUT2D eigenvalue weighted by Gasteiger charge is 2.82. The van der Waals surface area contributed by atoms with Gasteiger partial charge in [0.15, 0.2) is 52.4 Å². The number of hydrogen-bond acceptors (Lipinski definition) is 3. The van der Waals surface area contributed by atoms with E-state index in [-0.39, 0.29) is 12.1 Å². The lowest BCUT2D eigenvalue weighted by Crippen LogP contribution is -2.59. The molecule has 1 aromatic heterocycles. The van der Waals surface area contributed by atoms with Gasteiger partial charge >= 0.3 is 23.9 Å². The molecule has 0 fully saturated rings. The zero-order chi connectivity index (χ0) is 32.3. The van der Waals surface area contributed by atoms with Gasteiger partial charge < -0.3 is 0 Å². The molecule has 0 aliphatic heterocycles. The summed E-state index contributed by atoms with van der Waals surface area (Å²) in [4.78, 5) is 11.2. The number of alkyl halides is 9. The number of aromatic nitrogens is 3. The van der Waals surface area contributed by atoms with Gasteiger partial charge in [-0.2, -0.15) is 39.5 Å². The normalized spacial score (nSPS) is 13.0. The van der Waals surface area contributed by atoms with Crippen molar-refractivity contribution < 1.29 is 65.9 Å². The third kappa shape index (κ3) is 5.33. The lowest BCUT2D eigenvalue weighted by molar-refractivity contribution is -0.399. The average Bonchev–Trinajstić information content (AvgIpc) is 2.93. The Bertz CT molecular complexity index is 1580. The van der Waals surface area contributed by atoms with E-state index in [1.165, 1.54) is 0 Å². The fourth-order valence-corrected chi connectivity index (χ4v) is 3.52. The van der Waals surface area contributed by atoms with Crippen LogP contribution in [0.1, 0.15) is 5.56 Å². The Balaban J connectivity index is 1.87. The topological polar surface area (TPSA) is 38.7 Å². The number of nitrogens with zero attached hydrogens (tertiary/aromatic N) is 3. The Kier molecular flexibility index (Phi) is 7.64. The van der Waals surface area contributed by atoms with E-state index in [1.807, 2.05) is 0 Å². The molecule has 0 saturated carbocycles. The van der Waals surface area contributed by atoms with Gasteiger partial charge in [0.1, 0.15) is 0 Å². The molecule has 0 spiro atoms. The largest absolute Gasteiger partial charge is 0.460 e. The molecule has 3 aromatic carbocycles. The Morgan fingerprint density at radius 2 is 0.744 bits per heavy atom. The van der Waals surface area contributed by atoms with Gasteiger partial charge in [-0.25, -0.2) is 41.3 Å². The van der Waals surface area contributed by atoms with Crippen molar-refractivity contribution in [3.05, 3.63) is 89.0 Å². The van der Waals surface area contributed by atoms with Crippen LogP contribution in [0.3, 0.4) is 0 Å². The average molecular weight is 635 g/mol. The van der Waals surface area contributed by atoms with E-state index in [9.17, 15) is 65.9 Å². The second kappa shape index (κ2) is 10.4. The molecule has 0 aliphatic carbocycles. The minimum atomic E-state index is -7.17. The van der Waals surface area contributed by atoms with Crippen LogP contribution in [-0.4, -0.2) is 33.0 Å². The first kappa shape index (κ1) is 31.6. The highest BCUT2D eigenvalue weighted by Crippen LogP contribution is 2.56. The SMILES string of the molecule is Fc1cc(-c2nc(-c3ccc(C(F)(F)C(F)(F)C(F)(F)C(F)(F)F)cc3)nc(-c3cc(F)c(F)c(F)c3)n2)cc(F)c1F. The van der Waals surface area contributed by atoms with E-state index < -0.39 is 98.6 Å². The summed E-state index contributed by atoms with van der Waals surface area (Å²) in [5, 5.41) is 0. The van der Waals surface area contributed by atoms with Gasteiger partial charge in [0, 0.05) is 22.3 Å².